The maximum absolute atomic E-state index is 12.6. The number of hydrogen-bond acceptors (Lipinski definition) is 5. The van der Waals surface area contributed by atoms with Crippen LogP contribution in [0.5, 0.6) is 5.75 Å². The lowest BCUT2D eigenvalue weighted by Crippen LogP contribution is -2.32. The van der Waals surface area contributed by atoms with E-state index in [0.717, 1.165) is 54.2 Å². The molecule has 172 valence electrons. The Morgan fingerprint density at radius 2 is 1.85 bits per heavy atom. The number of carbonyl (C=O) groups excluding carboxylic acids is 2. The van der Waals surface area contributed by atoms with E-state index in [-0.39, 0.29) is 11.9 Å². The summed E-state index contributed by atoms with van der Waals surface area (Å²) in [6.45, 7) is 6.04. The Morgan fingerprint density at radius 3 is 2.55 bits per heavy atom. The van der Waals surface area contributed by atoms with Crippen LogP contribution in [0.2, 0.25) is 0 Å². The van der Waals surface area contributed by atoms with Gasteiger partial charge in [0.1, 0.15) is 18.1 Å². The molecular weight excluding hydrogens is 420 g/mol. The first kappa shape index (κ1) is 22.4. The summed E-state index contributed by atoms with van der Waals surface area (Å²) in [7, 11) is 0. The minimum Gasteiger partial charge on any atom is -0.489 e. The van der Waals surface area contributed by atoms with Gasteiger partial charge in [0.2, 0.25) is 0 Å². The second-order valence-electron chi connectivity index (χ2n) is 8.12. The van der Waals surface area contributed by atoms with Gasteiger partial charge < -0.3 is 24.8 Å². The lowest BCUT2D eigenvalue weighted by molar-refractivity contribution is 0.0951. The monoisotopic (exact) mass is 448 g/mol. The van der Waals surface area contributed by atoms with Crippen LogP contribution in [0.15, 0.2) is 53.1 Å². The van der Waals surface area contributed by atoms with Crippen molar-refractivity contribution in [1.29, 1.82) is 0 Å². The minimum absolute atomic E-state index is 0.0784. The molecule has 2 aromatic carbocycles. The van der Waals surface area contributed by atoms with Crippen LogP contribution in [0.1, 0.15) is 45.8 Å². The first-order chi connectivity index (χ1) is 16.0. The van der Waals surface area contributed by atoms with Crippen molar-refractivity contribution >= 4 is 17.6 Å². The zero-order chi connectivity index (χ0) is 23.2. The molecule has 1 aliphatic heterocycles. The molecule has 0 unspecified atom stereocenters. The van der Waals surface area contributed by atoms with Gasteiger partial charge in [-0.3, -0.25) is 4.79 Å². The van der Waals surface area contributed by atoms with Crippen molar-refractivity contribution < 1.29 is 18.8 Å². The molecule has 0 spiro atoms. The first-order valence-corrected chi connectivity index (χ1v) is 11.1. The molecule has 8 nitrogen and oxygen atoms in total. The highest BCUT2D eigenvalue weighted by molar-refractivity contribution is 5.94. The molecule has 0 saturated carbocycles. The number of ether oxygens (including phenoxy) is 1. The molecule has 2 N–H and O–H groups in total. The van der Waals surface area contributed by atoms with Gasteiger partial charge in [-0.05, 0) is 68.7 Å². The molecular formula is C25H28N4O4. The third kappa shape index (κ3) is 5.71. The molecule has 33 heavy (non-hydrogen) atoms. The number of hydrogen-bond donors (Lipinski definition) is 2. The van der Waals surface area contributed by atoms with E-state index >= 15 is 0 Å². The van der Waals surface area contributed by atoms with Gasteiger partial charge in [-0.15, -0.1) is 0 Å². The highest BCUT2D eigenvalue weighted by atomic mass is 16.5. The number of benzene rings is 2. The van der Waals surface area contributed by atoms with Gasteiger partial charge in [0.15, 0.2) is 0 Å². The summed E-state index contributed by atoms with van der Waals surface area (Å²) in [5.41, 5.74) is 3.90. The van der Waals surface area contributed by atoms with Crippen molar-refractivity contribution in [2.24, 2.45) is 0 Å². The van der Waals surface area contributed by atoms with E-state index in [1.54, 1.807) is 24.3 Å². The molecule has 0 bridgehead atoms. The Bertz CT molecular complexity index is 1100. The van der Waals surface area contributed by atoms with Crippen molar-refractivity contribution in [3.8, 4) is 5.75 Å². The van der Waals surface area contributed by atoms with Gasteiger partial charge in [-0.2, -0.15) is 0 Å². The Kier molecular flexibility index (Phi) is 6.92. The molecule has 3 aromatic rings. The fraction of sp³-hybridized carbons (Fsp3) is 0.320. The van der Waals surface area contributed by atoms with Crippen LogP contribution in [-0.4, -0.2) is 35.1 Å². The number of anilines is 1. The third-order valence-electron chi connectivity index (χ3n) is 5.71. The number of nitrogens with zero attached hydrogens (tertiary/aromatic N) is 2. The lowest BCUT2D eigenvalue weighted by Gasteiger charge is -2.16. The van der Waals surface area contributed by atoms with Gasteiger partial charge in [0.05, 0.1) is 11.3 Å². The summed E-state index contributed by atoms with van der Waals surface area (Å²) >= 11 is 0. The number of carbonyl (C=O) groups is 2. The number of rotatable bonds is 7. The fourth-order valence-corrected chi connectivity index (χ4v) is 3.73. The minimum atomic E-state index is -0.182. The van der Waals surface area contributed by atoms with E-state index < -0.39 is 0 Å². The van der Waals surface area contributed by atoms with Gasteiger partial charge in [0.25, 0.3) is 5.91 Å². The Labute approximate surface area is 192 Å². The number of likely N-dealkylation sites (tertiary alicyclic amines) is 1. The molecule has 0 atom stereocenters. The molecule has 0 radical (unpaired) electrons. The maximum Gasteiger partial charge on any atom is 0.321 e. The van der Waals surface area contributed by atoms with E-state index in [4.69, 9.17) is 9.26 Å². The van der Waals surface area contributed by atoms with Crippen molar-refractivity contribution in [3.05, 3.63) is 76.7 Å². The first-order valence-electron chi connectivity index (χ1n) is 11.1. The second-order valence-corrected chi connectivity index (χ2v) is 8.12. The fourth-order valence-electron chi connectivity index (χ4n) is 3.73. The summed E-state index contributed by atoms with van der Waals surface area (Å²) in [5, 5.41) is 9.76. The van der Waals surface area contributed by atoms with Crippen LogP contribution in [-0.2, 0) is 13.2 Å². The number of aromatic nitrogens is 1. The molecule has 0 aliphatic carbocycles. The summed E-state index contributed by atoms with van der Waals surface area (Å²) in [6, 6.07) is 14.4. The summed E-state index contributed by atoms with van der Waals surface area (Å²) < 4.78 is 10.9. The van der Waals surface area contributed by atoms with Crippen molar-refractivity contribution in [3.63, 3.8) is 0 Å². The smallest absolute Gasteiger partial charge is 0.321 e. The maximum atomic E-state index is 12.6. The Balaban J connectivity index is 1.28. The molecule has 1 aliphatic rings. The zero-order valence-corrected chi connectivity index (χ0v) is 18.9. The molecule has 4 rings (SSSR count). The average Bonchev–Trinajstić information content (AvgIpc) is 3.47. The predicted molar refractivity (Wildman–Crippen MR) is 124 cm³/mol. The summed E-state index contributed by atoms with van der Waals surface area (Å²) in [4.78, 5) is 26.6. The normalized spacial score (nSPS) is 13.1. The molecule has 8 heteroatoms. The molecule has 1 saturated heterocycles. The highest BCUT2D eigenvalue weighted by Gasteiger charge is 2.17. The second kappa shape index (κ2) is 10.2. The predicted octanol–water partition coefficient (Wildman–Crippen LogP) is 4.43. The molecule has 3 amide bonds. The zero-order valence-electron chi connectivity index (χ0n) is 18.9. The van der Waals surface area contributed by atoms with Crippen molar-refractivity contribution in [1.82, 2.24) is 15.4 Å². The third-order valence-corrected chi connectivity index (χ3v) is 5.71. The van der Waals surface area contributed by atoms with E-state index in [0.29, 0.717) is 24.5 Å². The molecule has 1 aromatic heterocycles. The van der Waals surface area contributed by atoms with E-state index in [2.05, 4.69) is 15.8 Å². The van der Waals surface area contributed by atoms with Gasteiger partial charge in [-0.25, -0.2) is 4.79 Å². The number of aryl methyl sites for hydroxylation is 2. The number of nitrogens with one attached hydrogen (secondary N) is 2. The van der Waals surface area contributed by atoms with E-state index in [9.17, 15) is 9.59 Å². The van der Waals surface area contributed by atoms with Crippen molar-refractivity contribution in [2.75, 3.05) is 18.4 Å². The quantitative estimate of drug-likeness (QED) is 0.557. The number of amides is 3. The standard InChI is InChI=1S/C25H28N4O4/c1-17-23(18(2)33-28-17)16-32-22-10-8-20(9-11-22)24(30)26-15-19-6-5-7-21(14-19)27-25(31)29-12-3-4-13-29/h5-11,14H,3-4,12-13,15-16H2,1-2H3,(H,26,30)(H,27,31). The van der Waals surface area contributed by atoms with E-state index in [1.165, 1.54) is 0 Å². The van der Waals surface area contributed by atoms with Gasteiger partial charge in [-0.1, -0.05) is 17.3 Å². The van der Waals surface area contributed by atoms with Gasteiger partial charge >= 0.3 is 6.03 Å². The highest BCUT2D eigenvalue weighted by Crippen LogP contribution is 2.18. The van der Waals surface area contributed by atoms with Gasteiger partial charge in [0, 0.05) is 30.9 Å². The molecule has 2 heterocycles. The average molecular weight is 449 g/mol. The SMILES string of the molecule is Cc1noc(C)c1COc1ccc(C(=O)NCc2cccc(NC(=O)N3CCCC3)c2)cc1. The summed E-state index contributed by atoms with van der Waals surface area (Å²) in [6.07, 6.45) is 2.10. The number of urea groups is 1. The van der Waals surface area contributed by atoms with Crippen molar-refractivity contribution in [2.45, 2.75) is 39.8 Å². The van der Waals surface area contributed by atoms with Crippen LogP contribution in [0.4, 0.5) is 10.5 Å². The van der Waals surface area contributed by atoms with E-state index in [1.807, 2.05) is 43.0 Å². The largest absolute Gasteiger partial charge is 0.489 e. The molecule has 1 fully saturated rings. The van der Waals surface area contributed by atoms with Crippen LogP contribution in [0.3, 0.4) is 0 Å². The van der Waals surface area contributed by atoms with Crippen LogP contribution in [0.25, 0.3) is 0 Å². The summed E-state index contributed by atoms with van der Waals surface area (Å²) in [5.74, 6) is 1.22. The Hall–Kier alpha value is -3.81. The van der Waals surface area contributed by atoms with Crippen LogP contribution >= 0.6 is 0 Å². The Morgan fingerprint density at radius 1 is 1.09 bits per heavy atom. The lowest BCUT2D eigenvalue weighted by atomic mass is 10.1. The topological polar surface area (TPSA) is 96.7 Å². The van der Waals surface area contributed by atoms with Crippen LogP contribution < -0.4 is 15.4 Å². The van der Waals surface area contributed by atoms with Crippen LogP contribution in [0, 0.1) is 13.8 Å².